The molecule has 3 rings (SSSR count). The molecule has 2 amide bonds. The number of anilines is 1. The molecule has 6 heteroatoms. The van der Waals surface area contributed by atoms with Crippen LogP contribution in [0.3, 0.4) is 0 Å². The Kier molecular flexibility index (Phi) is 4.33. The number of methoxy groups -OCH3 is 1. The minimum atomic E-state index is -0.344. The summed E-state index contributed by atoms with van der Waals surface area (Å²) < 4.78 is 15.6. The van der Waals surface area contributed by atoms with Crippen LogP contribution in [0.25, 0.3) is 6.08 Å². The monoisotopic (exact) mass is 312 g/mol. The van der Waals surface area contributed by atoms with Gasteiger partial charge in [-0.05, 0) is 35.9 Å². The molecule has 0 radical (unpaired) electrons. The summed E-state index contributed by atoms with van der Waals surface area (Å²) in [5.41, 5.74) is 1.55. The molecular weight excluding hydrogens is 296 g/mol. The summed E-state index contributed by atoms with van der Waals surface area (Å²) >= 11 is 0. The molecule has 0 atom stereocenters. The van der Waals surface area contributed by atoms with Gasteiger partial charge in [-0.15, -0.1) is 0 Å². The van der Waals surface area contributed by atoms with Crippen molar-refractivity contribution in [1.29, 1.82) is 0 Å². The van der Waals surface area contributed by atoms with Crippen LogP contribution in [-0.4, -0.2) is 19.9 Å². The van der Waals surface area contributed by atoms with E-state index >= 15 is 0 Å². The first kappa shape index (κ1) is 14.8. The highest BCUT2D eigenvalue weighted by atomic mass is 16.7. The molecule has 2 aromatic rings. The van der Waals surface area contributed by atoms with Crippen molar-refractivity contribution in [3.05, 3.63) is 54.2 Å². The highest BCUT2D eigenvalue weighted by molar-refractivity contribution is 5.90. The van der Waals surface area contributed by atoms with Gasteiger partial charge in [-0.25, -0.2) is 4.79 Å². The third-order valence-electron chi connectivity index (χ3n) is 3.21. The summed E-state index contributed by atoms with van der Waals surface area (Å²) in [4.78, 5) is 11.9. The van der Waals surface area contributed by atoms with E-state index in [4.69, 9.17) is 14.2 Å². The third kappa shape index (κ3) is 3.74. The van der Waals surface area contributed by atoms with Crippen LogP contribution >= 0.6 is 0 Å². The van der Waals surface area contributed by atoms with E-state index in [1.807, 2.05) is 24.3 Å². The quantitative estimate of drug-likeness (QED) is 0.909. The topological polar surface area (TPSA) is 68.8 Å². The number of rotatable bonds is 4. The van der Waals surface area contributed by atoms with Gasteiger partial charge in [0.2, 0.25) is 6.79 Å². The van der Waals surface area contributed by atoms with E-state index in [2.05, 4.69) is 10.6 Å². The first-order chi connectivity index (χ1) is 11.2. The number of benzene rings is 2. The van der Waals surface area contributed by atoms with E-state index in [0.29, 0.717) is 17.2 Å². The number of fused-ring (bicyclic) bond motifs is 1. The van der Waals surface area contributed by atoms with E-state index < -0.39 is 0 Å². The zero-order valence-corrected chi connectivity index (χ0v) is 12.5. The molecule has 0 unspecified atom stereocenters. The van der Waals surface area contributed by atoms with Crippen molar-refractivity contribution < 1.29 is 19.0 Å². The van der Waals surface area contributed by atoms with Crippen LogP contribution in [-0.2, 0) is 0 Å². The molecule has 23 heavy (non-hydrogen) atoms. The molecule has 0 saturated carbocycles. The number of amides is 2. The number of hydrogen-bond donors (Lipinski definition) is 2. The van der Waals surface area contributed by atoms with Crippen molar-refractivity contribution in [2.45, 2.75) is 0 Å². The van der Waals surface area contributed by atoms with Gasteiger partial charge in [0.15, 0.2) is 11.5 Å². The number of carbonyl (C=O) groups is 1. The molecular formula is C17H16N2O4. The molecule has 0 spiro atoms. The Hall–Kier alpha value is -3.15. The van der Waals surface area contributed by atoms with E-state index in [0.717, 1.165) is 11.3 Å². The number of urea groups is 1. The highest BCUT2D eigenvalue weighted by Gasteiger charge is 2.13. The van der Waals surface area contributed by atoms with Crippen LogP contribution in [0.4, 0.5) is 10.5 Å². The Labute approximate surface area is 133 Å². The Morgan fingerprint density at radius 2 is 2.04 bits per heavy atom. The molecule has 2 aromatic carbocycles. The fourth-order valence-electron chi connectivity index (χ4n) is 2.10. The van der Waals surface area contributed by atoms with Gasteiger partial charge in [0.05, 0.1) is 7.11 Å². The lowest BCUT2D eigenvalue weighted by Crippen LogP contribution is -2.23. The van der Waals surface area contributed by atoms with Gasteiger partial charge in [0.1, 0.15) is 5.75 Å². The minimum Gasteiger partial charge on any atom is -0.497 e. The minimum absolute atomic E-state index is 0.203. The second-order valence-electron chi connectivity index (χ2n) is 4.78. The summed E-state index contributed by atoms with van der Waals surface area (Å²) in [6.07, 6.45) is 3.35. The van der Waals surface area contributed by atoms with E-state index in [1.54, 1.807) is 37.6 Å². The van der Waals surface area contributed by atoms with Crippen LogP contribution in [0.5, 0.6) is 17.2 Å². The maximum atomic E-state index is 11.9. The molecule has 0 aliphatic carbocycles. The van der Waals surface area contributed by atoms with Gasteiger partial charge in [-0.2, -0.15) is 0 Å². The SMILES string of the molecule is COc1cccc(/C=C/NC(=O)Nc2ccc3c(c2)OCO3)c1. The largest absolute Gasteiger partial charge is 0.497 e. The molecule has 1 aliphatic rings. The van der Waals surface area contributed by atoms with Gasteiger partial charge in [0.25, 0.3) is 0 Å². The van der Waals surface area contributed by atoms with E-state index in [9.17, 15) is 4.79 Å². The summed E-state index contributed by atoms with van der Waals surface area (Å²) in [7, 11) is 1.61. The molecule has 0 aromatic heterocycles. The average molecular weight is 312 g/mol. The van der Waals surface area contributed by atoms with Gasteiger partial charge >= 0.3 is 6.03 Å². The molecule has 118 valence electrons. The van der Waals surface area contributed by atoms with Crippen molar-refractivity contribution in [2.75, 3.05) is 19.2 Å². The number of hydrogen-bond acceptors (Lipinski definition) is 4. The molecule has 1 aliphatic heterocycles. The summed E-state index contributed by atoms with van der Waals surface area (Å²) in [5, 5.41) is 5.36. The van der Waals surface area contributed by atoms with Crippen LogP contribution in [0.15, 0.2) is 48.7 Å². The smallest absolute Gasteiger partial charge is 0.323 e. The predicted octanol–water partition coefficient (Wildman–Crippen LogP) is 3.22. The van der Waals surface area contributed by atoms with Gasteiger partial charge in [-0.1, -0.05) is 12.1 Å². The lowest BCUT2D eigenvalue weighted by atomic mass is 10.2. The van der Waals surface area contributed by atoms with Crippen molar-refractivity contribution in [2.24, 2.45) is 0 Å². The first-order valence-electron chi connectivity index (χ1n) is 7.02. The van der Waals surface area contributed by atoms with Gasteiger partial charge < -0.3 is 24.8 Å². The molecule has 0 fully saturated rings. The summed E-state index contributed by atoms with van der Waals surface area (Å²) in [6, 6.07) is 12.4. The van der Waals surface area contributed by atoms with Gasteiger partial charge in [0, 0.05) is 18.0 Å². The van der Waals surface area contributed by atoms with Crippen LogP contribution in [0.2, 0.25) is 0 Å². The van der Waals surface area contributed by atoms with Crippen molar-refractivity contribution >= 4 is 17.8 Å². The third-order valence-corrected chi connectivity index (χ3v) is 3.21. The number of ether oxygens (including phenoxy) is 3. The number of carbonyl (C=O) groups excluding carboxylic acids is 1. The lowest BCUT2D eigenvalue weighted by Gasteiger charge is -2.05. The lowest BCUT2D eigenvalue weighted by molar-refractivity contribution is 0.174. The zero-order chi connectivity index (χ0) is 16.1. The van der Waals surface area contributed by atoms with Gasteiger partial charge in [-0.3, -0.25) is 0 Å². The number of nitrogens with one attached hydrogen (secondary N) is 2. The average Bonchev–Trinajstić information content (AvgIpc) is 3.02. The van der Waals surface area contributed by atoms with Crippen LogP contribution < -0.4 is 24.8 Å². The Morgan fingerprint density at radius 1 is 1.17 bits per heavy atom. The summed E-state index contributed by atoms with van der Waals surface area (Å²) in [6.45, 7) is 0.203. The van der Waals surface area contributed by atoms with Crippen LogP contribution in [0.1, 0.15) is 5.56 Å². The van der Waals surface area contributed by atoms with E-state index in [1.165, 1.54) is 0 Å². The maximum Gasteiger partial charge on any atom is 0.323 e. The molecule has 1 heterocycles. The standard InChI is InChI=1S/C17H16N2O4/c1-21-14-4-2-3-12(9-14)7-8-18-17(20)19-13-5-6-15-16(10-13)23-11-22-15/h2-10H,11H2,1H3,(H2,18,19,20)/b8-7+. The highest BCUT2D eigenvalue weighted by Crippen LogP contribution is 2.34. The second-order valence-corrected chi connectivity index (χ2v) is 4.78. The molecule has 0 saturated heterocycles. The van der Waals surface area contributed by atoms with E-state index in [-0.39, 0.29) is 12.8 Å². The molecule has 6 nitrogen and oxygen atoms in total. The predicted molar refractivity (Wildman–Crippen MR) is 86.7 cm³/mol. The fourth-order valence-corrected chi connectivity index (χ4v) is 2.10. The normalized spacial score (nSPS) is 12.2. The second kappa shape index (κ2) is 6.74. The first-order valence-corrected chi connectivity index (χ1v) is 7.02. The summed E-state index contributed by atoms with van der Waals surface area (Å²) in [5.74, 6) is 2.06. The van der Waals surface area contributed by atoms with Crippen molar-refractivity contribution in [1.82, 2.24) is 5.32 Å². The Bertz CT molecular complexity index is 743. The fraction of sp³-hybridized carbons (Fsp3) is 0.118. The molecule has 2 N–H and O–H groups in total. The van der Waals surface area contributed by atoms with Crippen LogP contribution in [0, 0.1) is 0 Å². The zero-order valence-electron chi connectivity index (χ0n) is 12.5. The van der Waals surface area contributed by atoms with Crippen molar-refractivity contribution in [3.8, 4) is 17.2 Å². The van der Waals surface area contributed by atoms with Crippen molar-refractivity contribution in [3.63, 3.8) is 0 Å². The molecule has 0 bridgehead atoms. The maximum absolute atomic E-state index is 11.9. The Morgan fingerprint density at radius 3 is 2.91 bits per heavy atom. The Balaban J connectivity index is 1.56.